The standard InChI is InChI=1S/C28H26N6O4/c1-14-10-19(16(3)32-22-6-5-9-31-23(22)27-33-28(36)38-34-27)26-20(11-14)24(35)15(2)25(37-26)17-7-8-21(29)18(12-17)13-30-4/h5-13,16,32H,29H2,1-4H3,(H,33,34,36). The molecule has 1 unspecified atom stereocenters. The largest absolute Gasteiger partial charge is 0.455 e. The number of pyridine rings is 1. The van der Waals surface area contributed by atoms with Crippen LogP contribution in [0.1, 0.15) is 35.2 Å². The molecule has 10 nitrogen and oxygen atoms in total. The van der Waals surface area contributed by atoms with Gasteiger partial charge < -0.3 is 15.5 Å². The van der Waals surface area contributed by atoms with E-state index in [4.69, 9.17) is 10.2 Å². The van der Waals surface area contributed by atoms with E-state index in [1.54, 1.807) is 38.5 Å². The molecule has 38 heavy (non-hydrogen) atoms. The van der Waals surface area contributed by atoms with Gasteiger partial charge in [0.2, 0.25) is 5.82 Å². The molecular formula is C28H26N6O4. The van der Waals surface area contributed by atoms with Crippen LogP contribution in [0.15, 0.2) is 72.2 Å². The lowest BCUT2D eigenvalue weighted by atomic mass is 9.98. The summed E-state index contributed by atoms with van der Waals surface area (Å²) < 4.78 is 11.1. The molecule has 192 valence electrons. The van der Waals surface area contributed by atoms with Gasteiger partial charge in [-0.05, 0) is 62.7 Å². The Morgan fingerprint density at radius 2 is 1.97 bits per heavy atom. The molecule has 3 aromatic heterocycles. The summed E-state index contributed by atoms with van der Waals surface area (Å²) in [5.74, 6) is 0.00134. The van der Waals surface area contributed by atoms with Crippen LogP contribution in [0, 0.1) is 13.8 Å². The minimum absolute atomic E-state index is 0.108. The van der Waals surface area contributed by atoms with Gasteiger partial charge >= 0.3 is 5.76 Å². The third-order valence-electron chi connectivity index (χ3n) is 6.32. The predicted octanol–water partition coefficient (Wildman–Crippen LogP) is 4.62. The van der Waals surface area contributed by atoms with E-state index in [1.165, 1.54) is 0 Å². The first-order valence-corrected chi connectivity index (χ1v) is 11.9. The molecule has 0 fully saturated rings. The lowest BCUT2D eigenvalue weighted by molar-refractivity contribution is 0.388. The number of aromatic nitrogens is 3. The second kappa shape index (κ2) is 9.81. The van der Waals surface area contributed by atoms with Crippen molar-refractivity contribution in [3.05, 3.63) is 91.7 Å². The average molecular weight is 511 g/mol. The van der Waals surface area contributed by atoms with Crippen molar-refractivity contribution in [3.63, 3.8) is 0 Å². The topological polar surface area (TPSA) is 152 Å². The van der Waals surface area contributed by atoms with Crippen molar-refractivity contribution in [2.24, 2.45) is 4.99 Å². The lowest BCUT2D eigenvalue weighted by Gasteiger charge is -2.20. The van der Waals surface area contributed by atoms with Gasteiger partial charge in [0.15, 0.2) is 5.43 Å². The number of anilines is 2. The van der Waals surface area contributed by atoms with Gasteiger partial charge in [-0.15, -0.1) is 0 Å². The first kappa shape index (κ1) is 24.7. The van der Waals surface area contributed by atoms with Crippen LogP contribution in [0.4, 0.5) is 11.4 Å². The molecule has 0 saturated carbocycles. The molecule has 0 aliphatic carbocycles. The summed E-state index contributed by atoms with van der Waals surface area (Å²) >= 11 is 0. The van der Waals surface area contributed by atoms with E-state index in [9.17, 15) is 9.59 Å². The van der Waals surface area contributed by atoms with Crippen molar-refractivity contribution in [2.45, 2.75) is 26.8 Å². The van der Waals surface area contributed by atoms with Crippen molar-refractivity contribution >= 4 is 28.6 Å². The normalized spacial score (nSPS) is 12.3. The number of nitrogens with one attached hydrogen (secondary N) is 2. The summed E-state index contributed by atoms with van der Waals surface area (Å²) in [6.07, 6.45) is 3.26. The lowest BCUT2D eigenvalue weighted by Crippen LogP contribution is -2.13. The summed E-state index contributed by atoms with van der Waals surface area (Å²) in [6.45, 7) is 5.65. The number of nitrogen functional groups attached to an aromatic ring is 1. The molecule has 0 spiro atoms. The average Bonchev–Trinajstić information content (AvgIpc) is 3.34. The zero-order valence-electron chi connectivity index (χ0n) is 21.3. The number of aryl methyl sites for hydroxylation is 1. The van der Waals surface area contributed by atoms with Crippen LogP contribution < -0.4 is 22.2 Å². The number of aliphatic imine (C=N–C) groups is 1. The SMILES string of the molecule is CN=Cc1cc(-c2oc3c(C(C)Nc4cccnc4-c4noc(=O)[nH]4)cc(C)cc3c(=O)c2C)ccc1N. The van der Waals surface area contributed by atoms with Crippen LogP contribution in [0.5, 0.6) is 0 Å². The highest BCUT2D eigenvalue weighted by molar-refractivity contribution is 5.90. The predicted molar refractivity (Wildman–Crippen MR) is 148 cm³/mol. The van der Waals surface area contributed by atoms with Gasteiger partial charge in [0, 0.05) is 47.4 Å². The monoisotopic (exact) mass is 510 g/mol. The molecule has 0 saturated heterocycles. The smallest absolute Gasteiger partial charge is 0.439 e. The van der Waals surface area contributed by atoms with E-state index < -0.39 is 5.76 Å². The van der Waals surface area contributed by atoms with Crippen LogP contribution in [-0.2, 0) is 0 Å². The van der Waals surface area contributed by atoms with Crippen molar-refractivity contribution in [1.29, 1.82) is 0 Å². The molecular weight excluding hydrogens is 484 g/mol. The van der Waals surface area contributed by atoms with Crippen molar-refractivity contribution in [2.75, 3.05) is 18.1 Å². The first-order chi connectivity index (χ1) is 18.3. The fourth-order valence-corrected chi connectivity index (χ4v) is 4.48. The summed E-state index contributed by atoms with van der Waals surface area (Å²) in [4.78, 5) is 36.0. The fraction of sp³-hybridized carbons (Fsp3) is 0.179. The maximum atomic E-state index is 13.5. The van der Waals surface area contributed by atoms with Crippen molar-refractivity contribution in [3.8, 4) is 22.8 Å². The molecule has 0 amide bonds. The molecule has 1 atom stereocenters. The van der Waals surface area contributed by atoms with Crippen LogP contribution in [0.3, 0.4) is 0 Å². The van der Waals surface area contributed by atoms with Crippen molar-refractivity contribution < 1.29 is 8.94 Å². The zero-order chi connectivity index (χ0) is 27.0. The molecule has 2 aromatic carbocycles. The van der Waals surface area contributed by atoms with E-state index in [0.717, 1.165) is 22.3 Å². The van der Waals surface area contributed by atoms with Crippen LogP contribution in [0.2, 0.25) is 0 Å². The highest BCUT2D eigenvalue weighted by Crippen LogP contribution is 2.34. The minimum atomic E-state index is -0.671. The number of nitrogens with two attached hydrogens (primary N) is 1. The summed E-state index contributed by atoms with van der Waals surface area (Å²) in [5.41, 5.74) is 11.8. The Hall–Kier alpha value is -4.99. The highest BCUT2D eigenvalue weighted by atomic mass is 16.5. The van der Waals surface area contributed by atoms with E-state index in [0.29, 0.717) is 39.4 Å². The second-order valence-electron chi connectivity index (χ2n) is 9.06. The Morgan fingerprint density at radius 3 is 2.71 bits per heavy atom. The highest BCUT2D eigenvalue weighted by Gasteiger charge is 2.21. The van der Waals surface area contributed by atoms with Crippen LogP contribution in [0.25, 0.3) is 33.8 Å². The van der Waals surface area contributed by atoms with Gasteiger partial charge in [-0.3, -0.25) is 24.3 Å². The first-order valence-electron chi connectivity index (χ1n) is 11.9. The van der Waals surface area contributed by atoms with E-state index in [1.807, 2.05) is 44.2 Å². The van der Waals surface area contributed by atoms with Crippen LogP contribution >= 0.6 is 0 Å². The number of fused-ring (bicyclic) bond motifs is 1. The van der Waals surface area contributed by atoms with Gasteiger partial charge in [0.1, 0.15) is 17.0 Å². The molecule has 4 N–H and O–H groups in total. The number of hydrogen-bond donors (Lipinski definition) is 3. The number of H-pyrrole nitrogens is 1. The van der Waals surface area contributed by atoms with Gasteiger partial charge in [-0.1, -0.05) is 11.2 Å². The Labute approximate surface area is 217 Å². The van der Waals surface area contributed by atoms with Gasteiger partial charge in [0.25, 0.3) is 0 Å². The van der Waals surface area contributed by atoms with Crippen LogP contribution in [-0.4, -0.2) is 28.4 Å². The minimum Gasteiger partial charge on any atom is -0.455 e. The molecule has 0 radical (unpaired) electrons. The van der Waals surface area contributed by atoms with E-state index in [-0.39, 0.29) is 17.3 Å². The van der Waals surface area contributed by atoms with Gasteiger partial charge in [-0.25, -0.2) is 4.79 Å². The maximum absolute atomic E-state index is 13.5. The molecule has 5 aromatic rings. The maximum Gasteiger partial charge on any atom is 0.439 e. The molecule has 5 rings (SSSR count). The Balaban J connectivity index is 1.65. The summed E-state index contributed by atoms with van der Waals surface area (Å²) in [5, 5.41) is 7.67. The number of nitrogens with zero attached hydrogens (tertiary/aromatic N) is 3. The molecule has 3 heterocycles. The van der Waals surface area contributed by atoms with Crippen molar-refractivity contribution in [1.82, 2.24) is 15.1 Å². The third kappa shape index (κ3) is 4.47. The Morgan fingerprint density at radius 1 is 1.16 bits per heavy atom. The quantitative estimate of drug-likeness (QED) is 0.221. The van der Waals surface area contributed by atoms with Gasteiger partial charge in [-0.2, -0.15) is 0 Å². The molecule has 0 aliphatic rings. The Bertz CT molecular complexity index is 1810. The molecule has 0 aliphatic heterocycles. The number of benzene rings is 2. The third-order valence-corrected chi connectivity index (χ3v) is 6.32. The fourth-order valence-electron chi connectivity index (χ4n) is 4.48. The zero-order valence-corrected chi connectivity index (χ0v) is 21.3. The van der Waals surface area contributed by atoms with E-state index in [2.05, 4.69) is 30.0 Å². The van der Waals surface area contributed by atoms with Gasteiger partial charge in [0.05, 0.1) is 17.1 Å². The second-order valence-corrected chi connectivity index (χ2v) is 9.06. The number of aromatic amines is 1. The Kier molecular flexibility index (Phi) is 6.38. The van der Waals surface area contributed by atoms with E-state index >= 15 is 0 Å². The summed E-state index contributed by atoms with van der Waals surface area (Å²) in [7, 11) is 1.67. The summed E-state index contributed by atoms with van der Waals surface area (Å²) in [6, 6.07) is 12.5. The number of rotatable bonds is 6. The number of hydrogen-bond acceptors (Lipinski definition) is 9. The molecule has 0 bridgehead atoms. The molecule has 10 heteroatoms.